The summed E-state index contributed by atoms with van der Waals surface area (Å²) >= 11 is 12.2. The van der Waals surface area contributed by atoms with Gasteiger partial charge in [0, 0.05) is 27.8 Å². The number of sulfonamides is 1. The third-order valence-electron chi connectivity index (χ3n) is 8.25. The summed E-state index contributed by atoms with van der Waals surface area (Å²) in [7, 11) is -4.05. The number of nitrogens with zero attached hydrogens (tertiary/aromatic N) is 1. The first kappa shape index (κ1) is 30.5. The minimum Gasteiger partial charge on any atom is -0.349 e. The van der Waals surface area contributed by atoms with E-state index in [-0.39, 0.29) is 38.7 Å². The molecular weight excluding hydrogens is 593 g/mol. The molecule has 2 N–H and O–H groups in total. The van der Waals surface area contributed by atoms with E-state index >= 15 is 0 Å². The Kier molecular flexibility index (Phi) is 9.88. The number of likely N-dealkylation sites (tertiary alicyclic amines) is 1. The van der Waals surface area contributed by atoms with Crippen molar-refractivity contribution in [3.63, 3.8) is 0 Å². The lowest BCUT2D eigenvalue weighted by molar-refractivity contribution is 0.0919. The maximum absolute atomic E-state index is 13.2. The van der Waals surface area contributed by atoms with Gasteiger partial charge in [0.2, 0.25) is 0 Å². The van der Waals surface area contributed by atoms with E-state index in [1.54, 1.807) is 18.2 Å². The molecule has 1 aliphatic heterocycles. The summed E-state index contributed by atoms with van der Waals surface area (Å²) in [5.41, 5.74) is 0.871. The van der Waals surface area contributed by atoms with E-state index < -0.39 is 15.8 Å². The largest absolute Gasteiger partial charge is 0.349 e. The number of amides is 1. The number of hydrogen-bond donors (Lipinski definition) is 2. The zero-order valence-corrected chi connectivity index (χ0v) is 25.6. The molecular formula is C32H35Cl2N3O4S. The Morgan fingerprint density at radius 3 is 2.24 bits per heavy atom. The summed E-state index contributed by atoms with van der Waals surface area (Å²) in [4.78, 5) is 28.6. The summed E-state index contributed by atoms with van der Waals surface area (Å²) in [5.74, 6) is 0.0742. The van der Waals surface area contributed by atoms with Gasteiger partial charge in [-0.05, 0) is 125 Å². The average molecular weight is 629 g/mol. The Labute approximate surface area is 257 Å². The Hall–Kier alpha value is -2.91. The van der Waals surface area contributed by atoms with Gasteiger partial charge in [-0.3, -0.25) is 14.3 Å². The Bertz CT molecular complexity index is 1530. The van der Waals surface area contributed by atoms with Gasteiger partial charge in [-0.1, -0.05) is 35.3 Å². The first-order chi connectivity index (χ1) is 20.2. The van der Waals surface area contributed by atoms with Gasteiger partial charge >= 0.3 is 0 Å². The van der Waals surface area contributed by atoms with E-state index in [1.807, 2.05) is 0 Å². The van der Waals surface area contributed by atoms with Crippen LogP contribution in [0.5, 0.6) is 0 Å². The first-order valence-corrected chi connectivity index (χ1v) is 16.7. The van der Waals surface area contributed by atoms with Gasteiger partial charge in [0.1, 0.15) is 0 Å². The molecule has 1 saturated heterocycles. The number of hydrogen-bond acceptors (Lipinski definition) is 5. The molecule has 5 rings (SSSR count). The molecule has 1 aliphatic carbocycles. The lowest BCUT2D eigenvalue weighted by atomic mass is 9.84. The van der Waals surface area contributed by atoms with Crippen LogP contribution in [0.3, 0.4) is 0 Å². The van der Waals surface area contributed by atoms with E-state index in [1.165, 1.54) is 87.4 Å². The van der Waals surface area contributed by atoms with Crippen molar-refractivity contribution < 1.29 is 18.0 Å². The van der Waals surface area contributed by atoms with E-state index in [2.05, 4.69) is 14.9 Å². The Morgan fingerprint density at radius 2 is 1.55 bits per heavy atom. The second kappa shape index (κ2) is 13.6. The number of benzene rings is 3. The fraction of sp³-hybridized carbons (Fsp3) is 0.375. The minimum absolute atomic E-state index is 0.0238. The normalized spacial score (nSPS) is 19.4. The highest BCUT2D eigenvalue weighted by Gasteiger charge is 2.25. The van der Waals surface area contributed by atoms with Gasteiger partial charge < -0.3 is 10.2 Å². The quantitative estimate of drug-likeness (QED) is 0.241. The Morgan fingerprint density at radius 1 is 0.857 bits per heavy atom. The molecule has 0 radical (unpaired) electrons. The average Bonchev–Trinajstić information content (AvgIpc) is 3.51. The summed E-state index contributed by atoms with van der Waals surface area (Å²) in [6.45, 7) is 3.65. The van der Waals surface area contributed by atoms with Gasteiger partial charge in [-0.25, -0.2) is 8.42 Å². The number of anilines is 1. The minimum atomic E-state index is -4.05. The standard InChI is InChI=1S/C32H35Cl2N3O4S/c33-24-11-16-27(29(34)21-24)31(38)28-5-1-2-6-30(28)36-42(40,41)26-14-9-23(10-15-26)32(39)35-25-12-7-22(8-13-25)17-20-37-18-3-4-19-37/h1-2,5-6,9-11,14-16,21-22,25,36H,3-4,7-8,12-13,17-20H2,(H,35,39). The van der Waals surface area contributed by atoms with Crippen molar-refractivity contribution in [1.82, 2.24) is 10.2 Å². The van der Waals surface area contributed by atoms with E-state index in [9.17, 15) is 18.0 Å². The van der Waals surface area contributed by atoms with E-state index in [4.69, 9.17) is 23.2 Å². The number of halogens is 2. The fourth-order valence-electron chi connectivity index (χ4n) is 5.81. The molecule has 3 aromatic rings. The van der Waals surface area contributed by atoms with Crippen LogP contribution in [0, 0.1) is 5.92 Å². The molecule has 0 unspecified atom stereocenters. The fourth-order valence-corrected chi connectivity index (χ4v) is 7.39. The monoisotopic (exact) mass is 627 g/mol. The van der Waals surface area contributed by atoms with Crippen molar-refractivity contribution >= 4 is 50.6 Å². The second-order valence-electron chi connectivity index (χ2n) is 11.2. The van der Waals surface area contributed by atoms with Crippen LogP contribution in [-0.4, -0.2) is 50.7 Å². The lowest BCUT2D eigenvalue weighted by Gasteiger charge is -2.30. The molecule has 1 saturated carbocycles. The topological polar surface area (TPSA) is 95.6 Å². The summed E-state index contributed by atoms with van der Waals surface area (Å²) in [6, 6.07) is 16.8. The molecule has 10 heteroatoms. The number of carbonyl (C=O) groups is 2. The summed E-state index contributed by atoms with van der Waals surface area (Å²) < 4.78 is 29.0. The number of carbonyl (C=O) groups excluding carboxylic acids is 2. The Balaban J connectivity index is 1.18. The maximum atomic E-state index is 13.2. The smallest absolute Gasteiger partial charge is 0.261 e. The molecule has 0 aromatic heterocycles. The van der Waals surface area contributed by atoms with Gasteiger partial charge in [0.15, 0.2) is 5.78 Å². The maximum Gasteiger partial charge on any atom is 0.261 e. The molecule has 222 valence electrons. The zero-order chi connectivity index (χ0) is 29.7. The van der Waals surface area contributed by atoms with Crippen molar-refractivity contribution in [3.8, 4) is 0 Å². The van der Waals surface area contributed by atoms with Crippen LogP contribution < -0.4 is 10.0 Å². The summed E-state index contributed by atoms with van der Waals surface area (Å²) in [5, 5.41) is 3.68. The van der Waals surface area contributed by atoms with Crippen molar-refractivity contribution in [2.24, 2.45) is 5.92 Å². The van der Waals surface area contributed by atoms with Crippen molar-refractivity contribution in [2.45, 2.75) is 55.9 Å². The first-order valence-electron chi connectivity index (χ1n) is 14.4. The van der Waals surface area contributed by atoms with Gasteiger partial charge in [-0.2, -0.15) is 0 Å². The summed E-state index contributed by atoms with van der Waals surface area (Å²) in [6.07, 6.45) is 8.04. The van der Waals surface area contributed by atoms with E-state index in [0.717, 1.165) is 31.6 Å². The highest BCUT2D eigenvalue weighted by Crippen LogP contribution is 2.29. The van der Waals surface area contributed by atoms with Crippen LogP contribution >= 0.6 is 23.2 Å². The number of nitrogens with one attached hydrogen (secondary N) is 2. The molecule has 0 spiro atoms. The molecule has 0 bridgehead atoms. The SMILES string of the molecule is O=C(NC1CCC(CCN2CCCC2)CC1)c1ccc(S(=O)(=O)Nc2ccccc2C(=O)c2ccc(Cl)cc2Cl)cc1. The molecule has 2 fully saturated rings. The number of para-hydroxylation sites is 1. The third-order valence-corrected chi connectivity index (χ3v) is 10.2. The van der Waals surface area contributed by atoms with Gasteiger partial charge in [0.25, 0.3) is 15.9 Å². The molecule has 7 nitrogen and oxygen atoms in total. The molecule has 1 amide bonds. The zero-order valence-electron chi connectivity index (χ0n) is 23.3. The predicted octanol–water partition coefficient (Wildman–Crippen LogP) is 6.80. The second-order valence-corrected chi connectivity index (χ2v) is 13.7. The number of ketones is 1. The molecule has 1 heterocycles. The molecule has 3 aromatic carbocycles. The molecule has 42 heavy (non-hydrogen) atoms. The van der Waals surface area contributed by atoms with Gasteiger partial charge in [0.05, 0.1) is 15.6 Å². The highest BCUT2D eigenvalue weighted by atomic mass is 35.5. The van der Waals surface area contributed by atoms with Crippen molar-refractivity contribution in [1.29, 1.82) is 0 Å². The highest BCUT2D eigenvalue weighted by molar-refractivity contribution is 7.92. The van der Waals surface area contributed by atoms with Gasteiger partial charge in [-0.15, -0.1) is 0 Å². The van der Waals surface area contributed by atoms with Crippen LogP contribution in [0.2, 0.25) is 10.0 Å². The van der Waals surface area contributed by atoms with Crippen LogP contribution in [0.4, 0.5) is 5.69 Å². The van der Waals surface area contributed by atoms with Crippen molar-refractivity contribution in [2.75, 3.05) is 24.4 Å². The van der Waals surface area contributed by atoms with Crippen LogP contribution in [0.1, 0.15) is 71.2 Å². The van der Waals surface area contributed by atoms with Crippen molar-refractivity contribution in [3.05, 3.63) is 93.5 Å². The van der Waals surface area contributed by atoms with E-state index in [0.29, 0.717) is 10.6 Å². The number of rotatable bonds is 10. The molecule has 0 atom stereocenters. The van der Waals surface area contributed by atoms with Crippen LogP contribution in [-0.2, 0) is 10.0 Å². The predicted molar refractivity (Wildman–Crippen MR) is 167 cm³/mol. The molecule has 2 aliphatic rings. The lowest BCUT2D eigenvalue weighted by Crippen LogP contribution is -2.38. The van der Waals surface area contributed by atoms with Crippen LogP contribution in [0.15, 0.2) is 71.6 Å². The third kappa shape index (κ3) is 7.53. The van der Waals surface area contributed by atoms with Crippen LogP contribution in [0.25, 0.3) is 0 Å².